The van der Waals surface area contributed by atoms with E-state index in [4.69, 9.17) is 4.74 Å². The molecule has 7 nitrogen and oxygen atoms in total. The second kappa shape index (κ2) is 9.97. The van der Waals surface area contributed by atoms with Crippen LogP contribution < -0.4 is 10.6 Å². The summed E-state index contributed by atoms with van der Waals surface area (Å²) in [5, 5.41) is 14.3. The van der Waals surface area contributed by atoms with E-state index in [1.165, 1.54) is 0 Å². The summed E-state index contributed by atoms with van der Waals surface area (Å²) in [6, 6.07) is 18.4. The third-order valence-electron chi connectivity index (χ3n) is 6.32. The van der Waals surface area contributed by atoms with Crippen LogP contribution >= 0.6 is 0 Å². The van der Waals surface area contributed by atoms with Gasteiger partial charge < -0.3 is 20.5 Å². The monoisotopic (exact) mass is 476 g/mol. The van der Waals surface area contributed by atoms with Crippen molar-refractivity contribution in [2.75, 3.05) is 11.9 Å². The van der Waals surface area contributed by atoms with Crippen molar-refractivity contribution in [3.05, 3.63) is 89.2 Å². The van der Waals surface area contributed by atoms with Gasteiger partial charge in [-0.25, -0.2) is 14.0 Å². The molecule has 180 valence electrons. The van der Waals surface area contributed by atoms with E-state index in [-0.39, 0.29) is 23.8 Å². The standard InChI is InChI=1S/C27H25FN2O5/c1-15(25(31)30-24-13-17(28)11-12-22(24)26(32)33)16(2)29-27(34)35-14-23-20-9-5-3-7-18(20)19-8-4-6-10-21(19)23/h3-13,15-16,23H,14H2,1-2H3,(H,29,34)(H,30,31)(H,32,33). The Hall–Kier alpha value is -4.20. The van der Waals surface area contributed by atoms with Crippen LogP contribution in [0.2, 0.25) is 0 Å². The third-order valence-corrected chi connectivity index (χ3v) is 6.32. The van der Waals surface area contributed by atoms with Gasteiger partial charge in [0.2, 0.25) is 5.91 Å². The lowest BCUT2D eigenvalue weighted by Gasteiger charge is -2.22. The van der Waals surface area contributed by atoms with Crippen LogP contribution in [0.25, 0.3) is 11.1 Å². The van der Waals surface area contributed by atoms with Crippen LogP contribution in [0.15, 0.2) is 66.7 Å². The Labute approximate surface area is 201 Å². The fourth-order valence-electron chi connectivity index (χ4n) is 4.23. The van der Waals surface area contributed by atoms with Gasteiger partial charge in [0.25, 0.3) is 0 Å². The normalized spacial score (nSPS) is 13.8. The molecule has 0 heterocycles. The van der Waals surface area contributed by atoms with Crippen LogP contribution in [0.3, 0.4) is 0 Å². The summed E-state index contributed by atoms with van der Waals surface area (Å²) >= 11 is 0. The molecule has 4 rings (SSSR count). The van der Waals surface area contributed by atoms with Crippen molar-refractivity contribution < 1.29 is 28.6 Å². The predicted octanol–water partition coefficient (Wildman–Crippen LogP) is 5.03. The van der Waals surface area contributed by atoms with E-state index < -0.39 is 35.7 Å². The molecule has 3 aromatic rings. The van der Waals surface area contributed by atoms with E-state index in [1.807, 2.05) is 48.5 Å². The maximum absolute atomic E-state index is 13.6. The minimum absolute atomic E-state index is 0.0911. The predicted molar refractivity (Wildman–Crippen MR) is 129 cm³/mol. The Morgan fingerprint density at radius 3 is 2.17 bits per heavy atom. The molecule has 0 radical (unpaired) electrons. The lowest BCUT2D eigenvalue weighted by atomic mass is 9.98. The van der Waals surface area contributed by atoms with Gasteiger partial charge in [-0.2, -0.15) is 0 Å². The zero-order chi connectivity index (χ0) is 25.1. The van der Waals surface area contributed by atoms with Crippen molar-refractivity contribution in [1.82, 2.24) is 5.32 Å². The van der Waals surface area contributed by atoms with Crippen LogP contribution in [0.5, 0.6) is 0 Å². The highest BCUT2D eigenvalue weighted by Crippen LogP contribution is 2.44. The zero-order valence-electron chi connectivity index (χ0n) is 19.2. The molecule has 0 saturated carbocycles. The van der Waals surface area contributed by atoms with Crippen molar-refractivity contribution in [3.8, 4) is 11.1 Å². The molecule has 8 heteroatoms. The minimum atomic E-state index is -1.29. The summed E-state index contributed by atoms with van der Waals surface area (Å²) in [5.41, 5.74) is 4.03. The van der Waals surface area contributed by atoms with Gasteiger partial charge in [-0.05, 0) is 47.4 Å². The molecule has 1 aliphatic carbocycles. The van der Waals surface area contributed by atoms with Crippen molar-refractivity contribution in [1.29, 1.82) is 0 Å². The molecule has 2 amide bonds. The number of amides is 2. The number of benzene rings is 3. The topological polar surface area (TPSA) is 105 Å². The summed E-state index contributed by atoms with van der Waals surface area (Å²) in [6.07, 6.45) is -0.670. The average Bonchev–Trinajstić information content (AvgIpc) is 3.15. The Morgan fingerprint density at radius 1 is 0.971 bits per heavy atom. The summed E-state index contributed by atoms with van der Waals surface area (Å²) in [4.78, 5) is 36.5. The molecular weight excluding hydrogens is 451 g/mol. The molecule has 0 fully saturated rings. The average molecular weight is 477 g/mol. The molecule has 2 unspecified atom stereocenters. The van der Waals surface area contributed by atoms with E-state index in [9.17, 15) is 23.9 Å². The Bertz CT molecular complexity index is 1250. The number of carboxylic acids is 1. The number of anilines is 1. The van der Waals surface area contributed by atoms with E-state index in [0.29, 0.717) is 0 Å². The molecule has 3 N–H and O–H groups in total. The second-order valence-corrected chi connectivity index (χ2v) is 8.53. The highest BCUT2D eigenvalue weighted by molar-refractivity contribution is 6.01. The van der Waals surface area contributed by atoms with Crippen LogP contribution in [-0.4, -0.2) is 35.7 Å². The lowest BCUT2D eigenvalue weighted by molar-refractivity contribution is -0.120. The van der Waals surface area contributed by atoms with Crippen molar-refractivity contribution >= 4 is 23.7 Å². The number of carboxylic acid groups (broad SMARTS) is 1. The first kappa shape index (κ1) is 23.9. The lowest BCUT2D eigenvalue weighted by Crippen LogP contribution is -2.42. The Balaban J connectivity index is 1.36. The van der Waals surface area contributed by atoms with E-state index in [0.717, 1.165) is 40.5 Å². The van der Waals surface area contributed by atoms with Gasteiger partial charge in [-0.3, -0.25) is 4.79 Å². The van der Waals surface area contributed by atoms with Gasteiger partial charge in [0.05, 0.1) is 17.2 Å². The summed E-state index contributed by atoms with van der Waals surface area (Å²) in [7, 11) is 0. The number of halogens is 1. The quantitative estimate of drug-likeness (QED) is 0.444. The number of rotatable bonds is 7. The van der Waals surface area contributed by atoms with Gasteiger partial charge in [0.1, 0.15) is 12.4 Å². The number of hydrogen-bond donors (Lipinski definition) is 3. The minimum Gasteiger partial charge on any atom is -0.478 e. The van der Waals surface area contributed by atoms with Crippen LogP contribution in [-0.2, 0) is 9.53 Å². The maximum Gasteiger partial charge on any atom is 0.407 e. The van der Waals surface area contributed by atoms with Crippen molar-refractivity contribution in [2.45, 2.75) is 25.8 Å². The molecular formula is C27H25FN2O5. The van der Waals surface area contributed by atoms with Gasteiger partial charge in [0.15, 0.2) is 0 Å². The molecule has 0 aromatic heterocycles. The Kier molecular flexibility index (Phi) is 6.82. The molecule has 0 bridgehead atoms. The Morgan fingerprint density at radius 2 is 1.57 bits per heavy atom. The zero-order valence-corrected chi connectivity index (χ0v) is 19.2. The maximum atomic E-state index is 13.6. The molecule has 1 aliphatic rings. The van der Waals surface area contributed by atoms with Crippen LogP contribution in [0.1, 0.15) is 41.3 Å². The number of aromatic carboxylic acids is 1. The van der Waals surface area contributed by atoms with E-state index >= 15 is 0 Å². The summed E-state index contributed by atoms with van der Waals surface area (Å²) < 4.78 is 19.1. The van der Waals surface area contributed by atoms with Crippen LogP contribution in [0, 0.1) is 11.7 Å². The molecule has 3 aromatic carbocycles. The smallest absolute Gasteiger partial charge is 0.407 e. The summed E-state index contributed by atoms with van der Waals surface area (Å²) in [5.74, 6) is -3.38. The van der Waals surface area contributed by atoms with Crippen LogP contribution in [0.4, 0.5) is 14.9 Å². The number of ether oxygens (including phenoxy) is 1. The number of carbonyl (C=O) groups is 3. The molecule has 0 aliphatic heterocycles. The van der Waals surface area contributed by atoms with E-state index in [2.05, 4.69) is 10.6 Å². The largest absolute Gasteiger partial charge is 0.478 e. The highest BCUT2D eigenvalue weighted by atomic mass is 19.1. The summed E-state index contributed by atoms with van der Waals surface area (Å²) in [6.45, 7) is 3.34. The number of carbonyl (C=O) groups excluding carboxylic acids is 2. The number of hydrogen-bond acceptors (Lipinski definition) is 4. The SMILES string of the molecule is CC(NC(=O)OCC1c2ccccc2-c2ccccc21)C(C)C(=O)Nc1cc(F)ccc1C(=O)O. The molecule has 0 saturated heterocycles. The highest BCUT2D eigenvalue weighted by Gasteiger charge is 2.30. The number of alkyl carbamates (subject to hydrolysis) is 1. The van der Waals surface area contributed by atoms with Gasteiger partial charge in [0, 0.05) is 12.0 Å². The van der Waals surface area contributed by atoms with Gasteiger partial charge >= 0.3 is 12.1 Å². The van der Waals surface area contributed by atoms with E-state index in [1.54, 1.807) is 13.8 Å². The first-order chi connectivity index (χ1) is 16.8. The molecule has 0 spiro atoms. The van der Waals surface area contributed by atoms with Crippen molar-refractivity contribution in [3.63, 3.8) is 0 Å². The second-order valence-electron chi connectivity index (χ2n) is 8.53. The fraction of sp³-hybridized carbons (Fsp3) is 0.222. The van der Waals surface area contributed by atoms with Gasteiger partial charge in [-0.15, -0.1) is 0 Å². The van der Waals surface area contributed by atoms with Crippen molar-refractivity contribution in [2.24, 2.45) is 5.92 Å². The molecule has 35 heavy (non-hydrogen) atoms. The van der Waals surface area contributed by atoms with Gasteiger partial charge in [-0.1, -0.05) is 55.5 Å². The first-order valence-electron chi connectivity index (χ1n) is 11.2. The number of fused-ring (bicyclic) bond motifs is 3. The first-order valence-corrected chi connectivity index (χ1v) is 11.2. The molecule has 2 atom stereocenters. The third kappa shape index (κ3) is 5.01. The number of nitrogens with one attached hydrogen (secondary N) is 2. The fourth-order valence-corrected chi connectivity index (χ4v) is 4.23.